The molecule has 1 saturated heterocycles. The number of ether oxygens (including phenoxy) is 6. The van der Waals surface area contributed by atoms with E-state index in [2.05, 4.69) is 9.80 Å². The Kier molecular flexibility index (Phi) is 15.5. The average Bonchev–Trinajstić information content (AvgIpc) is 3.31. The maximum atomic E-state index is 13.5. The topological polar surface area (TPSA) is 186 Å². The van der Waals surface area contributed by atoms with Gasteiger partial charge in [-0.1, -0.05) is 0 Å². The Morgan fingerprint density at radius 2 is 1.37 bits per heavy atom. The van der Waals surface area contributed by atoms with E-state index in [4.69, 9.17) is 38.3 Å². The number of carbonyl (C=O) groups is 2. The number of carboxylic acid groups (broad SMARTS) is 1. The highest BCUT2D eigenvalue weighted by molar-refractivity contribution is 7.86. The lowest BCUT2D eigenvalue weighted by molar-refractivity contribution is 0.0221. The summed E-state index contributed by atoms with van der Waals surface area (Å²) in [6.45, 7) is 6.18. The number of carbonyl (C=O) groups excluding carboxylic acids is 1. The lowest BCUT2D eigenvalue weighted by Gasteiger charge is -2.25. The van der Waals surface area contributed by atoms with E-state index < -0.39 is 28.2 Å². The minimum Gasteiger partial charge on any atom is -0.493 e. The van der Waals surface area contributed by atoms with Crippen LogP contribution >= 0.6 is 0 Å². The average molecular weight is 712 g/mol. The molecule has 274 valence electrons. The molecule has 2 aromatic carbocycles. The fourth-order valence-corrected chi connectivity index (χ4v) is 5.97. The van der Waals surface area contributed by atoms with Crippen molar-refractivity contribution in [2.24, 2.45) is 5.73 Å². The van der Waals surface area contributed by atoms with Crippen molar-refractivity contribution in [2.75, 3.05) is 87.1 Å². The van der Waals surface area contributed by atoms with Crippen molar-refractivity contribution in [3.05, 3.63) is 35.4 Å². The molecule has 3 N–H and O–H groups in total. The minimum absolute atomic E-state index is 0.0128. The van der Waals surface area contributed by atoms with Crippen LogP contribution in [-0.4, -0.2) is 128 Å². The first-order chi connectivity index (χ1) is 23.4. The van der Waals surface area contributed by atoms with Gasteiger partial charge < -0.3 is 53.2 Å². The molecule has 1 aliphatic rings. The number of benzene rings is 2. The minimum atomic E-state index is -3.95. The van der Waals surface area contributed by atoms with Crippen LogP contribution in [0.15, 0.2) is 24.3 Å². The van der Waals surface area contributed by atoms with E-state index in [-0.39, 0.29) is 52.2 Å². The molecule has 1 aliphatic heterocycles. The van der Waals surface area contributed by atoms with E-state index in [0.717, 1.165) is 51.8 Å². The van der Waals surface area contributed by atoms with E-state index in [1.807, 2.05) is 0 Å². The van der Waals surface area contributed by atoms with Gasteiger partial charge in [-0.3, -0.25) is 0 Å². The molecule has 2 aromatic rings. The summed E-state index contributed by atoms with van der Waals surface area (Å²) < 4.78 is 62.2. The maximum Gasteiger partial charge on any atom is 0.338 e. The van der Waals surface area contributed by atoms with E-state index in [0.29, 0.717) is 32.4 Å². The fraction of sp³-hybridized carbons (Fsp3) is 0.576. The Bertz CT molecular complexity index is 1500. The van der Waals surface area contributed by atoms with Gasteiger partial charge in [-0.2, -0.15) is 8.42 Å². The summed E-state index contributed by atoms with van der Waals surface area (Å²) in [4.78, 5) is 29.9. The summed E-state index contributed by atoms with van der Waals surface area (Å²) in [7, 11) is 1.57. The Balaban J connectivity index is 1.77. The van der Waals surface area contributed by atoms with Gasteiger partial charge >= 0.3 is 22.1 Å². The second-order valence-electron chi connectivity index (χ2n) is 11.5. The van der Waals surface area contributed by atoms with Crippen molar-refractivity contribution in [2.45, 2.75) is 38.2 Å². The smallest absolute Gasteiger partial charge is 0.338 e. The van der Waals surface area contributed by atoms with Gasteiger partial charge in [0.15, 0.2) is 23.0 Å². The van der Waals surface area contributed by atoms with Gasteiger partial charge in [-0.05, 0) is 76.5 Å². The first-order valence-electron chi connectivity index (χ1n) is 16.1. The molecule has 15 nitrogen and oxygen atoms in total. The summed E-state index contributed by atoms with van der Waals surface area (Å²) in [6.07, 6.45) is 3.70. The van der Waals surface area contributed by atoms with Gasteiger partial charge in [0.05, 0.1) is 52.4 Å². The van der Waals surface area contributed by atoms with Gasteiger partial charge in [0.25, 0.3) is 0 Å². The number of hydrogen-bond acceptors (Lipinski definition) is 14. The highest BCUT2D eigenvalue weighted by Crippen LogP contribution is 2.40. The van der Waals surface area contributed by atoms with Crippen molar-refractivity contribution in [1.29, 1.82) is 0 Å². The molecule has 1 heterocycles. The summed E-state index contributed by atoms with van der Waals surface area (Å²) in [6, 6.07) is 5.36. The fourth-order valence-electron chi connectivity index (χ4n) is 5.52. The third kappa shape index (κ3) is 12.1. The molecule has 0 aromatic heterocycles. The van der Waals surface area contributed by atoms with Crippen LogP contribution in [0.1, 0.15) is 52.8 Å². The summed E-state index contributed by atoms with van der Waals surface area (Å²) in [5.74, 6) is -1.26. The summed E-state index contributed by atoms with van der Waals surface area (Å²) >= 11 is 0. The number of carboxylic acids is 1. The Morgan fingerprint density at radius 1 is 0.796 bits per heavy atom. The predicted molar refractivity (Wildman–Crippen MR) is 181 cm³/mol. The number of esters is 1. The molecule has 49 heavy (non-hydrogen) atoms. The molecule has 0 spiro atoms. The molecule has 3 rings (SSSR count). The zero-order valence-electron chi connectivity index (χ0n) is 28.9. The van der Waals surface area contributed by atoms with E-state index in [1.165, 1.54) is 52.7 Å². The Morgan fingerprint density at radius 3 is 1.94 bits per heavy atom. The first-order valence-corrected chi connectivity index (χ1v) is 17.9. The molecular weight excluding hydrogens is 662 g/mol. The maximum absolute atomic E-state index is 13.5. The quantitative estimate of drug-likeness (QED) is 0.116. The van der Waals surface area contributed by atoms with Crippen molar-refractivity contribution < 1.29 is 55.7 Å². The number of methoxy groups -OCH3 is 4. The predicted octanol–water partition coefficient (Wildman–Crippen LogP) is 2.89. The van der Waals surface area contributed by atoms with Crippen molar-refractivity contribution in [3.63, 3.8) is 0 Å². The van der Waals surface area contributed by atoms with Crippen molar-refractivity contribution in [1.82, 2.24) is 9.80 Å². The normalized spacial score (nSPS) is 14.7. The molecule has 16 heteroatoms. The van der Waals surface area contributed by atoms with Gasteiger partial charge in [0.2, 0.25) is 11.5 Å². The van der Waals surface area contributed by atoms with Gasteiger partial charge in [0, 0.05) is 25.7 Å². The second kappa shape index (κ2) is 19.3. The lowest BCUT2D eigenvalue weighted by atomic mass is 10.1. The second-order valence-corrected chi connectivity index (χ2v) is 13.1. The molecule has 0 unspecified atom stereocenters. The van der Waals surface area contributed by atoms with Crippen LogP contribution in [-0.2, 0) is 14.9 Å². The zero-order valence-corrected chi connectivity index (χ0v) is 29.7. The molecule has 0 saturated carbocycles. The van der Waals surface area contributed by atoms with Crippen LogP contribution in [0.5, 0.6) is 34.5 Å². The van der Waals surface area contributed by atoms with E-state index in [1.54, 1.807) is 0 Å². The molecule has 0 amide bonds. The monoisotopic (exact) mass is 711 g/mol. The summed E-state index contributed by atoms with van der Waals surface area (Å²) in [5, 5.41) is 9.52. The standard InChI is InChI=1S/C33H49N3O12S/c1-42-26-19-23(32(37)38)20-28(30(26)44-3)46-18-6-9-25(10-15-36-14-8-13-35(16-17-36)12-7-11-34)47-33(39)24-21-27(43-2)31(45-4)29(22-24)48-49(5,40)41/h19-22,25H,6-18,34H2,1-5H3,(H,37,38)/t25-/m1/s1. The summed E-state index contributed by atoms with van der Waals surface area (Å²) in [5.41, 5.74) is 5.70. The molecule has 0 aliphatic carbocycles. The van der Waals surface area contributed by atoms with Crippen LogP contribution in [0.4, 0.5) is 0 Å². The molecule has 0 bridgehead atoms. The molecular formula is C33H49N3O12S. The van der Waals surface area contributed by atoms with Crippen LogP contribution < -0.4 is 33.6 Å². The molecule has 1 fully saturated rings. The largest absolute Gasteiger partial charge is 0.493 e. The Labute approximate surface area is 288 Å². The van der Waals surface area contributed by atoms with Crippen molar-refractivity contribution >= 4 is 22.1 Å². The van der Waals surface area contributed by atoms with Gasteiger partial charge in [-0.15, -0.1) is 0 Å². The van der Waals surface area contributed by atoms with Gasteiger partial charge in [0.1, 0.15) is 6.10 Å². The number of nitrogens with zero attached hydrogens (tertiary/aromatic N) is 2. The van der Waals surface area contributed by atoms with Crippen LogP contribution in [0.3, 0.4) is 0 Å². The highest BCUT2D eigenvalue weighted by atomic mass is 32.2. The highest BCUT2D eigenvalue weighted by Gasteiger charge is 2.25. The third-order valence-electron chi connectivity index (χ3n) is 7.94. The number of nitrogens with two attached hydrogens (primary N) is 1. The Hall–Kier alpha value is -3.99. The van der Waals surface area contributed by atoms with E-state index in [9.17, 15) is 23.1 Å². The van der Waals surface area contributed by atoms with Crippen LogP contribution in [0, 0.1) is 0 Å². The first kappa shape index (κ1) is 39.4. The molecule has 0 radical (unpaired) electrons. The van der Waals surface area contributed by atoms with E-state index >= 15 is 0 Å². The van der Waals surface area contributed by atoms with Crippen LogP contribution in [0.2, 0.25) is 0 Å². The number of hydrogen-bond donors (Lipinski definition) is 2. The number of rotatable bonds is 20. The molecule has 1 atom stereocenters. The SMILES string of the molecule is COc1cc(C(=O)O)cc(OCCC[C@H](CCN2CCCN(CCCN)CC2)OC(=O)c2cc(OC)c(OC)c(OS(C)(=O)=O)c2)c1OC. The third-order valence-corrected chi connectivity index (χ3v) is 8.42. The van der Waals surface area contributed by atoms with Crippen LogP contribution in [0.25, 0.3) is 0 Å². The van der Waals surface area contributed by atoms with Gasteiger partial charge in [-0.25, -0.2) is 9.59 Å². The lowest BCUT2D eigenvalue weighted by Crippen LogP contribution is -2.34. The number of aromatic carboxylic acids is 1. The van der Waals surface area contributed by atoms with Crippen molar-refractivity contribution in [3.8, 4) is 34.5 Å². The zero-order chi connectivity index (χ0) is 36.0.